The van der Waals surface area contributed by atoms with Crippen LogP contribution in [0.3, 0.4) is 0 Å². The van der Waals surface area contributed by atoms with Crippen LogP contribution in [0.1, 0.15) is 22.3 Å². The van der Waals surface area contributed by atoms with Gasteiger partial charge in [0.1, 0.15) is 0 Å². The fourth-order valence-corrected chi connectivity index (χ4v) is 5.91. The smallest absolute Gasteiger partial charge is 0.0725 e. The Kier molecular flexibility index (Phi) is 3.26. The number of benzene rings is 4. The van der Waals surface area contributed by atoms with Crippen molar-refractivity contribution in [2.24, 2.45) is 0 Å². The van der Waals surface area contributed by atoms with Gasteiger partial charge in [0.25, 0.3) is 0 Å². The third-order valence-corrected chi connectivity index (χ3v) is 6.99. The van der Waals surface area contributed by atoms with Crippen molar-refractivity contribution in [3.05, 3.63) is 138 Å². The van der Waals surface area contributed by atoms with Gasteiger partial charge in [-0.05, 0) is 56.1 Å². The first-order valence-electron chi connectivity index (χ1n) is 10.7. The molecule has 31 heavy (non-hydrogen) atoms. The molecule has 0 saturated heterocycles. The maximum atomic E-state index is 4.40. The minimum atomic E-state index is -0.280. The maximum Gasteiger partial charge on any atom is 0.0725 e. The molecule has 5 aromatic rings. The van der Waals surface area contributed by atoms with Gasteiger partial charge in [0.05, 0.1) is 5.41 Å². The lowest BCUT2D eigenvalue weighted by Crippen LogP contribution is -2.25. The number of nitrogens with zero attached hydrogens (tertiary/aromatic N) is 1. The van der Waals surface area contributed by atoms with E-state index in [1.165, 1.54) is 50.1 Å². The van der Waals surface area contributed by atoms with E-state index in [0.29, 0.717) is 0 Å². The van der Waals surface area contributed by atoms with Gasteiger partial charge < -0.3 is 0 Å². The Hall–Kier alpha value is -3.97. The highest BCUT2D eigenvalue weighted by molar-refractivity contribution is 5.99. The molecular formula is C30H19N. The first-order chi connectivity index (χ1) is 15.4. The Labute approximate surface area is 181 Å². The van der Waals surface area contributed by atoms with Crippen LogP contribution in [0.25, 0.3) is 33.4 Å². The summed E-state index contributed by atoms with van der Waals surface area (Å²) in [6.07, 6.45) is 3.81. The standard InChI is InChI=1S/C30H19N/c1-4-14-25-22(10-1)23-11-2-5-15-26(23)30(25)27-16-6-3-12-24(27)29-21(13-7-17-28(29)30)20-9-8-18-31-19-20/h1-19H. The molecule has 4 aromatic carbocycles. The van der Waals surface area contributed by atoms with Gasteiger partial charge in [0.2, 0.25) is 0 Å². The Morgan fingerprint density at radius 1 is 0.452 bits per heavy atom. The van der Waals surface area contributed by atoms with Gasteiger partial charge in [0.15, 0.2) is 0 Å². The topological polar surface area (TPSA) is 12.9 Å². The minimum absolute atomic E-state index is 0.280. The fraction of sp³-hybridized carbons (Fsp3) is 0.0333. The fourth-order valence-electron chi connectivity index (χ4n) is 5.91. The number of rotatable bonds is 1. The molecule has 1 heterocycles. The van der Waals surface area contributed by atoms with E-state index in [1.807, 2.05) is 18.5 Å². The van der Waals surface area contributed by atoms with Crippen molar-refractivity contribution in [2.75, 3.05) is 0 Å². The predicted molar refractivity (Wildman–Crippen MR) is 126 cm³/mol. The van der Waals surface area contributed by atoms with Gasteiger partial charge in [-0.25, -0.2) is 0 Å². The molecule has 0 atom stereocenters. The highest BCUT2D eigenvalue weighted by atomic mass is 14.6. The molecule has 0 fully saturated rings. The first-order valence-corrected chi connectivity index (χ1v) is 10.7. The number of hydrogen-bond donors (Lipinski definition) is 0. The molecule has 144 valence electrons. The van der Waals surface area contributed by atoms with Crippen molar-refractivity contribution >= 4 is 0 Å². The molecule has 0 radical (unpaired) electrons. The van der Waals surface area contributed by atoms with Crippen LogP contribution in [0.4, 0.5) is 0 Å². The van der Waals surface area contributed by atoms with Gasteiger partial charge in [-0.15, -0.1) is 0 Å². The molecule has 1 aromatic heterocycles. The van der Waals surface area contributed by atoms with Crippen LogP contribution < -0.4 is 0 Å². The number of hydrogen-bond acceptors (Lipinski definition) is 1. The van der Waals surface area contributed by atoms with Crippen molar-refractivity contribution in [3.63, 3.8) is 0 Å². The number of aromatic nitrogens is 1. The summed E-state index contributed by atoms with van der Waals surface area (Å²) in [7, 11) is 0. The van der Waals surface area contributed by atoms with Crippen molar-refractivity contribution in [1.82, 2.24) is 4.98 Å². The normalized spacial score (nSPS) is 14.1. The van der Waals surface area contributed by atoms with Crippen molar-refractivity contribution in [1.29, 1.82) is 0 Å². The van der Waals surface area contributed by atoms with E-state index in [-0.39, 0.29) is 5.41 Å². The molecule has 2 aliphatic rings. The van der Waals surface area contributed by atoms with E-state index in [1.54, 1.807) is 0 Å². The molecule has 0 aliphatic heterocycles. The summed E-state index contributed by atoms with van der Waals surface area (Å²) in [5.74, 6) is 0. The van der Waals surface area contributed by atoms with Crippen molar-refractivity contribution < 1.29 is 0 Å². The summed E-state index contributed by atoms with van der Waals surface area (Å²) in [5, 5.41) is 0. The van der Waals surface area contributed by atoms with E-state index in [2.05, 4.69) is 102 Å². The van der Waals surface area contributed by atoms with E-state index < -0.39 is 0 Å². The van der Waals surface area contributed by atoms with Crippen LogP contribution in [-0.2, 0) is 5.41 Å². The Morgan fingerprint density at radius 2 is 1.00 bits per heavy atom. The van der Waals surface area contributed by atoms with Crippen LogP contribution in [-0.4, -0.2) is 4.98 Å². The lowest BCUT2D eigenvalue weighted by atomic mass is 9.70. The molecule has 0 N–H and O–H groups in total. The van der Waals surface area contributed by atoms with E-state index in [4.69, 9.17) is 0 Å². The highest BCUT2D eigenvalue weighted by Crippen LogP contribution is 2.63. The minimum Gasteiger partial charge on any atom is -0.264 e. The summed E-state index contributed by atoms with van der Waals surface area (Å²) < 4.78 is 0. The molecule has 0 saturated carbocycles. The number of pyridine rings is 1. The quantitative estimate of drug-likeness (QED) is 0.290. The summed E-state index contributed by atoms with van der Waals surface area (Å²) in [6.45, 7) is 0. The summed E-state index contributed by atoms with van der Waals surface area (Å²) in [5.41, 5.74) is 13.0. The molecule has 1 nitrogen and oxygen atoms in total. The lowest BCUT2D eigenvalue weighted by Gasteiger charge is -2.30. The Bertz CT molecular complexity index is 1430. The second-order valence-electron chi connectivity index (χ2n) is 8.36. The Morgan fingerprint density at radius 3 is 1.65 bits per heavy atom. The van der Waals surface area contributed by atoms with Crippen molar-refractivity contribution in [2.45, 2.75) is 5.41 Å². The molecule has 0 bridgehead atoms. The zero-order valence-electron chi connectivity index (χ0n) is 16.9. The third-order valence-electron chi connectivity index (χ3n) is 6.99. The van der Waals surface area contributed by atoms with Crippen LogP contribution in [0.2, 0.25) is 0 Å². The zero-order valence-corrected chi connectivity index (χ0v) is 16.9. The zero-order chi connectivity index (χ0) is 20.4. The third kappa shape index (κ3) is 1.98. The van der Waals surface area contributed by atoms with Gasteiger partial charge in [0, 0.05) is 18.0 Å². The van der Waals surface area contributed by atoms with Crippen LogP contribution in [0.15, 0.2) is 116 Å². The van der Waals surface area contributed by atoms with Crippen LogP contribution in [0.5, 0.6) is 0 Å². The molecule has 0 amide bonds. The second-order valence-corrected chi connectivity index (χ2v) is 8.36. The van der Waals surface area contributed by atoms with Gasteiger partial charge in [-0.1, -0.05) is 97.1 Å². The summed E-state index contributed by atoms with van der Waals surface area (Å²) >= 11 is 0. The Balaban J connectivity index is 1.69. The number of fused-ring (bicyclic) bond motifs is 10. The molecule has 1 spiro atoms. The molecule has 7 rings (SSSR count). The molecule has 0 unspecified atom stereocenters. The van der Waals surface area contributed by atoms with Gasteiger partial charge in [-0.2, -0.15) is 0 Å². The summed E-state index contributed by atoms with van der Waals surface area (Å²) in [6, 6.07) is 37.7. The predicted octanol–water partition coefficient (Wildman–Crippen LogP) is 7.09. The highest BCUT2D eigenvalue weighted by Gasteiger charge is 2.51. The molecular weight excluding hydrogens is 374 g/mol. The molecule has 2 aliphatic carbocycles. The summed E-state index contributed by atoms with van der Waals surface area (Å²) in [4.78, 5) is 4.40. The molecule has 1 heteroatoms. The van der Waals surface area contributed by atoms with Crippen LogP contribution in [0, 0.1) is 0 Å². The van der Waals surface area contributed by atoms with E-state index in [9.17, 15) is 0 Å². The van der Waals surface area contributed by atoms with Gasteiger partial charge in [-0.3, -0.25) is 4.98 Å². The second kappa shape index (κ2) is 6.02. The lowest BCUT2D eigenvalue weighted by molar-refractivity contribution is 0.794. The van der Waals surface area contributed by atoms with E-state index in [0.717, 1.165) is 5.56 Å². The van der Waals surface area contributed by atoms with Gasteiger partial charge >= 0.3 is 0 Å². The monoisotopic (exact) mass is 393 g/mol. The van der Waals surface area contributed by atoms with Crippen LogP contribution >= 0.6 is 0 Å². The average Bonchev–Trinajstić information content (AvgIpc) is 3.32. The largest absolute Gasteiger partial charge is 0.264 e. The maximum absolute atomic E-state index is 4.40. The first kappa shape index (κ1) is 16.8. The van der Waals surface area contributed by atoms with E-state index >= 15 is 0 Å². The SMILES string of the molecule is c1cncc(-c2cccc3c2-c2ccccc2C32c3ccccc3-c3ccccc32)c1. The average molecular weight is 393 g/mol. The van der Waals surface area contributed by atoms with Crippen molar-refractivity contribution in [3.8, 4) is 33.4 Å².